The number of ether oxygens (including phenoxy) is 1. The van der Waals surface area contributed by atoms with E-state index in [1.165, 1.54) is 0 Å². The zero-order valence-corrected chi connectivity index (χ0v) is 14.3. The van der Waals surface area contributed by atoms with Gasteiger partial charge in [0.25, 0.3) is 0 Å². The molecule has 2 aromatic carbocycles. The van der Waals surface area contributed by atoms with E-state index in [9.17, 15) is 4.79 Å². The molecule has 1 heterocycles. The number of carbonyl (C=O) groups is 1. The van der Waals surface area contributed by atoms with Crippen LogP contribution in [0.3, 0.4) is 0 Å². The highest BCUT2D eigenvalue weighted by molar-refractivity contribution is 5.78. The molecule has 0 saturated carbocycles. The third-order valence-electron chi connectivity index (χ3n) is 3.83. The van der Waals surface area contributed by atoms with Crippen LogP contribution in [0.1, 0.15) is 16.8 Å². The molecule has 0 aliphatic heterocycles. The Labute approximate surface area is 146 Å². The molecule has 0 aliphatic carbocycles. The number of rotatable bonds is 6. The Balaban J connectivity index is 1.59. The molecule has 0 radical (unpaired) electrons. The second-order valence-electron chi connectivity index (χ2n) is 5.86. The molecule has 5 nitrogen and oxygen atoms in total. The molecule has 0 atom stereocenters. The second-order valence-corrected chi connectivity index (χ2v) is 5.86. The van der Waals surface area contributed by atoms with Crippen LogP contribution in [-0.4, -0.2) is 18.2 Å². The van der Waals surface area contributed by atoms with Crippen molar-refractivity contribution in [2.24, 2.45) is 0 Å². The van der Waals surface area contributed by atoms with Gasteiger partial charge in [0.2, 0.25) is 5.91 Å². The van der Waals surface area contributed by atoms with Crippen molar-refractivity contribution in [3.8, 4) is 17.1 Å². The fourth-order valence-electron chi connectivity index (χ4n) is 2.57. The molecule has 0 unspecified atom stereocenters. The fourth-order valence-corrected chi connectivity index (χ4v) is 2.57. The quantitative estimate of drug-likeness (QED) is 0.748. The number of benzene rings is 2. The van der Waals surface area contributed by atoms with Gasteiger partial charge >= 0.3 is 0 Å². The number of nitrogens with zero attached hydrogens (tertiary/aromatic N) is 1. The van der Waals surface area contributed by atoms with Gasteiger partial charge < -0.3 is 14.6 Å². The van der Waals surface area contributed by atoms with E-state index in [1.54, 1.807) is 7.11 Å². The van der Waals surface area contributed by atoms with E-state index in [2.05, 4.69) is 10.5 Å². The summed E-state index contributed by atoms with van der Waals surface area (Å²) in [5, 5.41) is 6.88. The average Bonchev–Trinajstić information content (AvgIpc) is 3.09. The average molecular weight is 336 g/mol. The number of carbonyl (C=O) groups excluding carboxylic acids is 1. The smallest absolute Gasteiger partial charge is 0.224 e. The maximum Gasteiger partial charge on any atom is 0.224 e. The Bertz CT molecular complexity index is 871. The first kappa shape index (κ1) is 16.8. The van der Waals surface area contributed by atoms with Gasteiger partial charge in [-0.1, -0.05) is 47.1 Å². The summed E-state index contributed by atoms with van der Waals surface area (Å²) in [4.78, 5) is 12.1. The van der Waals surface area contributed by atoms with Gasteiger partial charge in [-0.2, -0.15) is 0 Å². The molecular weight excluding hydrogens is 316 g/mol. The summed E-state index contributed by atoms with van der Waals surface area (Å²) >= 11 is 0. The van der Waals surface area contributed by atoms with E-state index in [0.29, 0.717) is 24.4 Å². The van der Waals surface area contributed by atoms with Crippen LogP contribution in [0.25, 0.3) is 11.3 Å². The molecule has 1 amide bonds. The number of hydrogen-bond donors (Lipinski definition) is 1. The first-order chi connectivity index (χ1) is 12.1. The molecule has 0 spiro atoms. The lowest BCUT2D eigenvalue weighted by atomic mass is 10.1. The van der Waals surface area contributed by atoms with Gasteiger partial charge in [0, 0.05) is 11.6 Å². The molecule has 3 aromatic rings. The lowest BCUT2D eigenvalue weighted by Gasteiger charge is -2.04. The molecule has 0 saturated heterocycles. The monoisotopic (exact) mass is 336 g/mol. The topological polar surface area (TPSA) is 64.4 Å². The molecule has 0 bridgehead atoms. The minimum Gasteiger partial charge on any atom is -0.497 e. The van der Waals surface area contributed by atoms with Crippen molar-refractivity contribution in [2.75, 3.05) is 7.11 Å². The minimum absolute atomic E-state index is 0.0449. The lowest BCUT2D eigenvalue weighted by Crippen LogP contribution is -2.24. The highest BCUT2D eigenvalue weighted by Gasteiger charge is 2.09. The highest BCUT2D eigenvalue weighted by Crippen LogP contribution is 2.24. The fraction of sp³-hybridized carbons (Fsp3) is 0.200. The lowest BCUT2D eigenvalue weighted by molar-refractivity contribution is -0.120. The molecular formula is C20H20N2O3. The van der Waals surface area contributed by atoms with Crippen LogP contribution in [-0.2, 0) is 17.8 Å². The standard InChI is InChI=1S/C20H20N2O3/c1-14-5-3-6-15(9-14)10-20(23)21-13-17-12-19(25-22-17)16-7-4-8-18(11-16)24-2/h3-9,11-12H,10,13H2,1-2H3,(H,21,23). The summed E-state index contributed by atoms with van der Waals surface area (Å²) in [6, 6.07) is 17.3. The Hall–Kier alpha value is -3.08. The van der Waals surface area contributed by atoms with E-state index in [-0.39, 0.29) is 5.91 Å². The zero-order valence-electron chi connectivity index (χ0n) is 14.3. The minimum atomic E-state index is -0.0449. The summed E-state index contributed by atoms with van der Waals surface area (Å²) in [5.41, 5.74) is 3.69. The Morgan fingerprint density at radius 2 is 2.00 bits per heavy atom. The first-order valence-corrected chi connectivity index (χ1v) is 8.06. The van der Waals surface area contributed by atoms with E-state index < -0.39 is 0 Å². The third-order valence-corrected chi connectivity index (χ3v) is 3.83. The number of amides is 1. The Morgan fingerprint density at radius 1 is 1.16 bits per heavy atom. The summed E-state index contributed by atoms with van der Waals surface area (Å²) in [6.07, 6.45) is 0.349. The SMILES string of the molecule is COc1cccc(-c2cc(CNC(=O)Cc3cccc(C)c3)no2)c1. The van der Waals surface area contributed by atoms with Gasteiger partial charge in [0.1, 0.15) is 11.4 Å². The maximum absolute atomic E-state index is 12.1. The second kappa shape index (κ2) is 7.66. The van der Waals surface area contributed by atoms with Gasteiger partial charge in [-0.25, -0.2) is 0 Å². The zero-order chi connectivity index (χ0) is 17.6. The number of hydrogen-bond acceptors (Lipinski definition) is 4. The van der Waals surface area contributed by atoms with Crippen molar-refractivity contribution in [2.45, 2.75) is 19.9 Å². The Morgan fingerprint density at radius 3 is 2.80 bits per heavy atom. The van der Waals surface area contributed by atoms with Crippen LogP contribution < -0.4 is 10.1 Å². The Kier molecular flexibility index (Phi) is 5.14. The number of aryl methyl sites for hydroxylation is 1. The van der Waals surface area contributed by atoms with E-state index in [1.807, 2.05) is 61.5 Å². The van der Waals surface area contributed by atoms with Crippen molar-refractivity contribution in [3.05, 3.63) is 71.4 Å². The van der Waals surface area contributed by atoms with Crippen LogP contribution in [0, 0.1) is 6.92 Å². The number of aromatic nitrogens is 1. The van der Waals surface area contributed by atoms with Crippen LogP contribution in [0.5, 0.6) is 5.75 Å². The molecule has 1 N–H and O–H groups in total. The summed E-state index contributed by atoms with van der Waals surface area (Å²) < 4.78 is 10.6. The highest BCUT2D eigenvalue weighted by atomic mass is 16.5. The number of nitrogens with one attached hydrogen (secondary N) is 1. The van der Waals surface area contributed by atoms with Gasteiger partial charge in [0.15, 0.2) is 5.76 Å². The largest absolute Gasteiger partial charge is 0.497 e. The van der Waals surface area contributed by atoms with Gasteiger partial charge in [-0.05, 0) is 24.6 Å². The predicted octanol–water partition coefficient (Wildman–Crippen LogP) is 3.52. The summed E-state index contributed by atoms with van der Waals surface area (Å²) in [6.45, 7) is 2.34. The third kappa shape index (κ3) is 4.47. The van der Waals surface area contributed by atoms with E-state index in [0.717, 1.165) is 22.4 Å². The van der Waals surface area contributed by atoms with Crippen LogP contribution >= 0.6 is 0 Å². The number of methoxy groups -OCH3 is 1. The van der Waals surface area contributed by atoms with Crippen molar-refractivity contribution in [3.63, 3.8) is 0 Å². The molecule has 128 valence electrons. The van der Waals surface area contributed by atoms with Gasteiger partial charge in [0.05, 0.1) is 20.1 Å². The molecule has 0 fully saturated rings. The molecule has 0 aliphatic rings. The molecule has 3 rings (SSSR count). The summed E-state index contributed by atoms with van der Waals surface area (Å²) in [7, 11) is 1.62. The predicted molar refractivity (Wildman–Crippen MR) is 95.2 cm³/mol. The molecule has 5 heteroatoms. The van der Waals surface area contributed by atoms with Crippen LogP contribution in [0.2, 0.25) is 0 Å². The van der Waals surface area contributed by atoms with Crippen molar-refractivity contribution in [1.29, 1.82) is 0 Å². The van der Waals surface area contributed by atoms with Gasteiger partial charge in [-0.15, -0.1) is 0 Å². The normalized spacial score (nSPS) is 10.5. The first-order valence-electron chi connectivity index (χ1n) is 8.06. The summed E-state index contributed by atoms with van der Waals surface area (Å²) in [5.74, 6) is 1.35. The van der Waals surface area contributed by atoms with Crippen LogP contribution in [0.15, 0.2) is 59.1 Å². The molecule has 1 aromatic heterocycles. The van der Waals surface area contributed by atoms with E-state index >= 15 is 0 Å². The van der Waals surface area contributed by atoms with Crippen molar-refractivity contribution in [1.82, 2.24) is 10.5 Å². The van der Waals surface area contributed by atoms with E-state index in [4.69, 9.17) is 9.26 Å². The van der Waals surface area contributed by atoms with Gasteiger partial charge in [-0.3, -0.25) is 4.79 Å². The van der Waals surface area contributed by atoms with Crippen molar-refractivity contribution >= 4 is 5.91 Å². The maximum atomic E-state index is 12.1. The van der Waals surface area contributed by atoms with Crippen molar-refractivity contribution < 1.29 is 14.1 Å². The van der Waals surface area contributed by atoms with Crippen LogP contribution in [0.4, 0.5) is 0 Å². The molecule has 25 heavy (non-hydrogen) atoms.